The number of rotatable bonds is 5. The van der Waals surface area contributed by atoms with E-state index in [9.17, 15) is 10.1 Å². The predicted molar refractivity (Wildman–Crippen MR) is 101 cm³/mol. The molecule has 2 aromatic carbocycles. The second-order valence-corrected chi connectivity index (χ2v) is 7.77. The predicted octanol–water partition coefficient (Wildman–Crippen LogP) is 5.46. The largest absolute Gasteiger partial charge is 0.454 e. The summed E-state index contributed by atoms with van der Waals surface area (Å²) in [7, 11) is 0. The molecule has 136 valence electrons. The molecule has 0 amide bonds. The Morgan fingerprint density at radius 3 is 2.54 bits per heavy atom. The van der Waals surface area contributed by atoms with Crippen LogP contribution < -0.4 is 4.74 Å². The molecule has 5 nitrogen and oxygen atoms in total. The van der Waals surface area contributed by atoms with Crippen LogP contribution >= 0.6 is 23.2 Å². The van der Waals surface area contributed by atoms with E-state index in [2.05, 4.69) is 11.0 Å². The zero-order chi connectivity index (χ0) is 18.3. The monoisotopic (exact) mass is 392 g/mol. The lowest BCUT2D eigenvalue weighted by atomic mass is 9.99. The first-order valence-electron chi connectivity index (χ1n) is 8.65. The number of benzene rings is 2. The molecule has 0 bridgehead atoms. The zero-order valence-corrected chi connectivity index (χ0v) is 15.6. The molecule has 0 unspecified atom stereocenters. The summed E-state index contributed by atoms with van der Waals surface area (Å²) >= 11 is 12.2. The second kappa shape index (κ2) is 7.06. The van der Waals surface area contributed by atoms with Gasteiger partial charge in [0.15, 0.2) is 5.75 Å². The number of nitrogens with zero attached hydrogens (tertiary/aromatic N) is 2. The Kier molecular flexibility index (Phi) is 4.78. The Labute approximate surface area is 161 Å². The van der Waals surface area contributed by atoms with Crippen molar-refractivity contribution in [3.8, 4) is 11.5 Å². The molecule has 1 heterocycles. The quantitative estimate of drug-likeness (QED) is 0.500. The summed E-state index contributed by atoms with van der Waals surface area (Å²) < 4.78 is 5.84. The average Bonchev–Trinajstić information content (AvgIpc) is 3.42. The van der Waals surface area contributed by atoms with Crippen LogP contribution in [0.2, 0.25) is 10.0 Å². The minimum Gasteiger partial charge on any atom is -0.454 e. The molecular formula is C19H18Cl2N2O3. The highest BCUT2D eigenvalue weighted by Gasteiger charge is 2.26. The third kappa shape index (κ3) is 3.80. The van der Waals surface area contributed by atoms with Crippen molar-refractivity contribution in [2.24, 2.45) is 5.92 Å². The summed E-state index contributed by atoms with van der Waals surface area (Å²) in [4.78, 5) is 12.9. The van der Waals surface area contributed by atoms with E-state index in [1.807, 2.05) is 12.1 Å². The SMILES string of the molecule is O=[N+]([O-])c1cc(Cl)c(Oc2ccc3c(c2)CCN(CC2CC2)C3)c(Cl)c1. The molecule has 1 aliphatic carbocycles. The van der Waals surface area contributed by atoms with E-state index in [0.717, 1.165) is 25.4 Å². The van der Waals surface area contributed by atoms with Crippen molar-refractivity contribution in [1.82, 2.24) is 4.90 Å². The molecule has 26 heavy (non-hydrogen) atoms. The van der Waals surface area contributed by atoms with E-state index in [1.165, 1.54) is 42.6 Å². The van der Waals surface area contributed by atoms with E-state index >= 15 is 0 Å². The van der Waals surface area contributed by atoms with Gasteiger partial charge >= 0.3 is 0 Å². The van der Waals surface area contributed by atoms with E-state index < -0.39 is 4.92 Å². The minimum atomic E-state index is -0.534. The van der Waals surface area contributed by atoms with Crippen molar-refractivity contribution in [2.45, 2.75) is 25.8 Å². The first-order chi connectivity index (χ1) is 12.5. The number of halogens is 2. The molecule has 0 radical (unpaired) electrons. The van der Waals surface area contributed by atoms with Gasteiger partial charge in [-0.25, -0.2) is 0 Å². The smallest absolute Gasteiger partial charge is 0.272 e. The maximum Gasteiger partial charge on any atom is 0.272 e. The van der Waals surface area contributed by atoms with Crippen LogP contribution in [-0.2, 0) is 13.0 Å². The Bertz CT molecular complexity index is 845. The van der Waals surface area contributed by atoms with Crippen LogP contribution in [0.15, 0.2) is 30.3 Å². The van der Waals surface area contributed by atoms with Gasteiger partial charge in [0.1, 0.15) is 5.75 Å². The van der Waals surface area contributed by atoms with Crippen LogP contribution in [0.4, 0.5) is 5.69 Å². The van der Waals surface area contributed by atoms with Gasteiger partial charge in [0.05, 0.1) is 15.0 Å². The van der Waals surface area contributed by atoms with Gasteiger partial charge in [-0.05, 0) is 48.4 Å². The maximum atomic E-state index is 10.9. The molecule has 0 atom stereocenters. The van der Waals surface area contributed by atoms with Crippen LogP contribution in [-0.4, -0.2) is 22.9 Å². The third-order valence-electron chi connectivity index (χ3n) is 4.90. The van der Waals surface area contributed by atoms with Gasteiger partial charge in [-0.15, -0.1) is 0 Å². The van der Waals surface area contributed by atoms with E-state index in [0.29, 0.717) is 5.75 Å². The maximum absolute atomic E-state index is 10.9. The van der Waals surface area contributed by atoms with Crippen LogP contribution in [0.1, 0.15) is 24.0 Å². The summed E-state index contributed by atoms with van der Waals surface area (Å²) in [6.45, 7) is 3.24. The summed E-state index contributed by atoms with van der Waals surface area (Å²) in [5.74, 6) is 1.77. The van der Waals surface area contributed by atoms with Gasteiger partial charge in [0.25, 0.3) is 5.69 Å². The van der Waals surface area contributed by atoms with Gasteiger partial charge in [-0.1, -0.05) is 29.3 Å². The number of ether oxygens (including phenoxy) is 1. The molecule has 0 saturated heterocycles. The van der Waals surface area contributed by atoms with Crippen LogP contribution in [0.3, 0.4) is 0 Å². The van der Waals surface area contributed by atoms with Gasteiger partial charge in [-0.2, -0.15) is 0 Å². The fourth-order valence-electron chi connectivity index (χ4n) is 3.34. The van der Waals surface area contributed by atoms with Crippen molar-refractivity contribution in [2.75, 3.05) is 13.1 Å². The van der Waals surface area contributed by atoms with E-state index in [4.69, 9.17) is 27.9 Å². The topological polar surface area (TPSA) is 55.6 Å². The Morgan fingerprint density at radius 1 is 1.15 bits per heavy atom. The summed E-state index contributed by atoms with van der Waals surface area (Å²) in [6, 6.07) is 8.48. The number of hydrogen-bond acceptors (Lipinski definition) is 4. The lowest BCUT2D eigenvalue weighted by Gasteiger charge is -2.29. The second-order valence-electron chi connectivity index (χ2n) is 6.96. The van der Waals surface area contributed by atoms with Gasteiger partial charge < -0.3 is 4.74 Å². The highest BCUT2D eigenvalue weighted by Crippen LogP contribution is 2.40. The molecule has 2 aliphatic rings. The standard InChI is InChI=1S/C19H18Cl2N2O3/c20-17-8-15(23(24)25)9-18(21)19(17)26-16-4-3-14-11-22(10-12-1-2-12)6-5-13(14)7-16/h3-4,7-9,12H,1-2,5-6,10-11H2. The number of non-ortho nitro benzene ring substituents is 1. The molecule has 1 aliphatic heterocycles. The first-order valence-corrected chi connectivity index (χ1v) is 9.40. The Morgan fingerprint density at radius 2 is 1.88 bits per heavy atom. The fraction of sp³-hybridized carbons (Fsp3) is 0.368. The molecule has 2 aromatic rings. The molecule has 1 fully saturated rings. The van der Waals surface area contributed by atoms with Crippen molar-refractivity contribution >= 4 is 28.9 Å². The van der Waals surface area contributed by atoms with Crippen molar-refractivity contribution in [3.05, 3.63) is 61.6 Å². The molecule has 0 spiro atoms. The van der Waals surface area contributed by atoms with Crippen LogP contribution in [0, 0.1) is 16.0 Å². The first kappa shape index (κ1) is 17.6. The molecule has 1 saturated carbocycles. The Balaban J connectivity index is 1.52. The minimum absolute atomic E-state index is 0.123. The number of fused-ring (bicyclic) bond motifs is 1. The average molecular weight is 393 g/mol. The summed E-state index contributed by atoms with van der Waals surface area (Å²) in [5.41, 5.74) is 2.43. The van der Waals surface area contributed by atoms with Crippen LogP contribution in [0.25, 0.3) is 0 Å². The van der Waals surface area contributed by atoms with Crippen molar-refractivity contribution < 1.29 is 9.66 Å². The fourth-order valence-corrected chi connectivity index (χ4v) is 3.89. The normalized spacial score (nSPS) is 17.0. The summed E-state index contributed by atoms with van der Waals surface area (Å²) in [6.07, 6.45) is 3.72. The summed E-state index contributed by atoms with van der Waals surface area (Å²) in [5, 5.41) is 11.1. The number of nitro benzene ring substituents is 1. The van der Waals surface area contributed by atoms with Crippen molar-refractivity contribution in [1.29, 1.82) is 0 Å². The van der Waals surface area contributed by atoms with E-state index in [1.54, 1.807) is 0 Å². The Hall–Kier alpha value is -1.82. The van der Waals surface area contributed by atoms with Crippen LogP contribution in [0.5, 0.6) is 11.5 Å². The number of nitro groups is 1. The lowest BCUT2D eigenvalue weighted by molar-refractivity contribution is -0.384. The highest BCUT2D eigenvalue weighted by molar-refractivity contribution is 6.37. The molecular weight excluding hydrogens is 375 g/mol. The molecule has 0 aromatic heterocycles. The van der Waals surface area contributed by atoms with E-state index in [-0.39, 0.29) is 21.5 Å². The molecule has 7 heteroatoms. The highest BCUT2D eigenvalue weighted by atomic mass is 35.5. The number of hydrogen-bond donors (Lipinski definition) is 0. The van der Waals surface area contributed by atoms with Gasteiger partial charge in [0, 0.05) is 31.8 Å². The molecule has 4 rings (SSSR count). The molecule has 0 N–H and O–H groups in total. The zero-order valence-electron chi connectivity index (χ0n) is 14.1. The third-order valence-corrected chi connectivity index (χ3v) is 5.46. The van der Waals surface area contributed by atoms with Crippen molar-refractivity contribution in [3.63, 3.8) is 0 Å². The lowest BCUT2D eigenvalue weighted by Crippen LogP contribution is -2.32. The van der Waals surface area contributed by atoms with Gasteiger partial charge in [-0.3, -0.25) is 15.0 Å². The van der Waals surface area contributed by atoms with Gasteiger partial charge in [0.2, 0.25) is 0 Å².